The number of fused-ring (bicyclic) bond motifs is 2. The van der Waals surface area contributed by atoms with Gasteiger partial charge in [-0.1, -0.05) is 46.9 Å². The van der Waals surface area contributed by atoms with Crippen LogP contribution in [-0.4, -0.2) is 40.4 Å². The van der Waals surface area contributed by atoms with Gasteiger partial charge in [0.25, 0.3) is 5.91 Å². The summed E-state index contributed by atoms with van der Waals surface area (Å²) in [6.45, 7) is 4.47. The van der Waals surface area contributed by atoms with Gasteiger partial charge in [0.15, 0.2) is 5.82 Å². The van der Waals surface area contributed by atoms with E-state index in [9.17, 15) is 4.79 Å². The molecule has 0 unspecified atom stereocenters. The van der Waals surface area contributed by atoms with Crippen molar-refractivity contribution < 1.29 is 4.79 Å². The topological polar surface area (TPSA) is 110 Å². The lowest BCUT2D eigenvalue weighted by Crippen LogP contribution is -2.23. The summed E-state index contributed by atoms with van der Waals surface area (Å²) >= 11 is 2.28. The first kappa shape index (κ1) is 25.4. The van der Waals surface area contributed by atoms with Crippen molar-refractivity contribution in [3.8, 4) is 22.4 Å². The van der Waals surface area contributed by atoms with Crippen LogP contribution in [0.1, 0.15) is 27.2 Å². The second kappa shape index (κ2) is 9.84. The maximum absolute atomic E-state index is 13.7. The highest BCUT2D eigenvalue weighted by Gasteiger charge is 2.32. The number of aromatic nitrogens is 7. The fraction of sp³-hybridized carbons (Fsp3) is 0.167. The Morgan fingerprint density at radius 2 is 1.90 bits per heavy atom. The van der Waals surface area contributed by atoms with Crippen molar-refractivity contribution in [2.75, 3.05) is 10.2 Å². The quantitative estimate of drug-likeness (QED) is 0.165. The second-order valence-electron chi connectivity index (χ2n) is 10.2. The Balaban J connectivity index is 1.25. The number of hydrogen-bond donors (Lipinski definition) is 2. The summed E-state index contributed by atoms with van der Waals surface area (Å²) in [5.41, 5.74) is 9.23. The first-order valence-electron chi connectivity index (χ1n) is 13.2. The van der Waals surface area contributed by atoms with E-state index in [0.29, 0.717) is 18.3 Å². The van der Waals surface area contributed by atoms with Gasteiger partial charge in [-0.25, -0.2) is 9.97 Å². The number of aryl methyl sites for hydroxylation is 3. The van der Waals surface area contributed by atoms with Crippen LogP contribution in [0.25, 0.3) is 33.3 Å². The summed E-state index contributed by atoms with van der Waals surface area (Å²) in [5.74, 6) is 1.15. The number of halogens is 1. The van der Waals surface area contributed by atoms with Crippen molar-refractivity contribution in [2.45, 2.75) is 24.9 Å². The van der Waals surface area contributed by atoms with E-state index in [1.54, 1.807) is 4.68 Å². The molecule has 0 aliphatic carbocycles. The van der Waals surface area contributed by atoms with Crippen LogP contribution in [0.3, 0.4) is 0 Å². The van der Waals surface area contributed by atoms with Crippen LogP contribution in [0, 0.1) is 13.8 Å². The molecule has 11 heteroatoms. The number of amides is 1. The molecule has 2 aromatic carbocycles. The largest absolute Gasteiger partial charge is 0.359 e. The highest BCUT2D eigenvalue weighted by atomic mass is 127. The van der Waals surface area contributed by atoms with E-state index >= 15 is 0 Å². The van der Waals surface area contributed by atoms with Gasteiger partial charge in [-0.3, -0.25) is 14.2 Å². The maximum Gasteiger partial charge on any atom is 0.259 e. The van der Waals surface area contributed by atoms with Crippen molar-refractivity contribution in [3.63, 3.8) is 0 Å². The molecule has 1 amide bonds. The van der Waals surface area contributed by atoms with Gasteiger partial charge in [0, 0.05) is 59.5 Å². The molecule has 2 N–H and O–H groups in total. The van der Waals surface area contributed by atoms with Gasteiger partial charge in [-0.15, -0.1) is 0 Å². The minimum Gasteiger partial charge on any atom is -0.359 e. The van der Waals surface area contributed by atoms with Gasteiger partial charge in [0.1, 0.15) is 0 Å². The molecule has 0 atom stereocenters. The maximum atomic E-state index is 13.7. The predicted octanol–water partition coefficient (Wildman–Crippen LogP) is 6.14. The zero-order valence-electron chi connectivity index (χ0n) is 22.7. The van der Waals surface area contributed by atoms with Crippen molar-refractivity contribution in [1.82, 2.24) is 34.5 Å². The summed E-state index contributed by atoms with van der Waals surface area (Å²) < 4.78 is 4.46. The Morgan fingerprint density at radius 3 is 2.68 bits per heavy atom. The van der Waals surface area contributed by atoms with E-state index < -0.39 is 0 Å². The Bertz CT molecular complexity index is 1950. The number of nitrogens with one attached hydrogen (secondary N) is 2. The lowest BCUT2D eigenvalue weighted by atomic mass is 9.99. The number of carbonyl (C=O) groups is 1. The van der Waals surface area contributed by atoms with Crippen LogP contribution in [0.2, 0.25) is 0 Å². The monoisotopic (exact) mass is 655 g/mol. The van der Waals surface area contributed by atoms with E-state index in [-0.39, 0.29) is 5.91 Å². The van der Waals surface area contributed by atoms with E-state index in [1.165, 1.54) is 0 Å². The Kier molecular flexibility index (Phi) is 6.11. The number of rotatable bonds is 6. The SMILES string of the molecule is Cc1cnc(Nc2cc(C)n(C)n2)nc1-c1c[nH]c2c(N3Cc4c(cccc4-c4cnn(CI)c4)C3=O)cccc12. The Labute approximate surface area is 249 Å². The molecule has 6 aromatic rings. The summed E-state index contributed by atoms with van der Waals surface area (Å²) in [5, 5.41) is 13.1. The number of aromatic amines is 1. The summed E-state index contributed by atoms with van der Waals surface area (Å²) in [4.78, 5) is 28.3. The van der Waals surface area contributed by atoms with Crippen molar-refractivity contribution in [3.05, 3.63) is 89.6 Å². The van der Waals surface area contributed by atoms with Crippen molar-refractivity contribution >= 4 is 56.9 Å². The van der Waals surface area contributed by atoms with Gasteiger partial charge >= 0.3 is 0 Å². The first-order valence-corrected chi connectivity index (χ1v) is 14.7. The highest BCUT2D eigenvalue weighted by molar-refractivity contribution is 14.1. The molecule has 0 radical (unpaired) electrons. The lowest BCUT2D eigenvalue weighted by Gasteiger charge is -2.17. The average molecular weight is 656 g/mol. The van der Waals surface area contributed by atoms with E-state index in [2.05, 4.69) is 60.2 Å². The molecule has 4 aromatic heterocycles. The van der Waals surface area contributed by atoms with E-state index in [4.69, 9.17) is 4.98 Å². The number of hydrogen-bond acceptors (Lipinski definition) is 6. The van der Waals surface area contributed by atoms with Crippen LogP contribution < -0.4 is 10.2 Å². The zero-order valence-corrected chi connectivity index (χ0v) is 24.8. The molecule has 1 aliphatic heterocycles. The molecule has 0 fully saturated rings. The molecule has 0 bridgehead atoms. The number of anilines is 3. The third-order valence-corrected chi connectivity index (χ3v) is 8.30. The lowest BCUT2D eigenvalue weighted by molar-refractivity contribution is 0.0997. The molecular formula is C30H26IN9O. The molecular weight excluding hydrogens is 629 g/mol. The van der Waals surface area contributed by atoms with Gasteiger partial charge < -0.3 is 15.2 Å². The third kappa shape index (κ3) is 4.27. The molecule has 10 nitrogen and oxygen atoms in total. The van der Waals surface area contributed by atoms with Gasteiger partial charge in [-0.2, -0.15) is 10.2 Å². The standard InChI is InChI=1S/C30H26IN9O/c1-17-11-33-30(35-26-10-18(2)38(3)37-26)36-27(17)23-13-32-28-21(23)7-5-9-25(28)40-15-24-20(6-4-8-22(24)29(40)41)19-12-34-39(14-19)16-31/h4-14,32H,15-16H2,1-3H3,(H,33,35,36,37). The zero-order chi connectivity index (χ0) is 28.2. The Hall–Kier alpha value is -4.52. The molecule has 7 rings (SSSR count). The van der Waals surface area contributed by atoms with Crippen molar-refractivity contribution in [2.24, 2.45) is 7.05 Å². The smallest absolute Gasteiger partial charge is 0.259 e. The van der Waals surface area contributed by atoms with Gasteiger partial charge in [0.05, 0.1) is 34.2 Å². The summed E-state index contributed by atoms with van der Waals surface area (Å²) in [6, 6.07) is 13.9. The van der Waals surface area contributed by atoms with Crippen LogP contribution in [0.5, 0.6) is 0 Å². The molecule has 41 heavy (non-hydrogen) atoms. The second-order valence-corrected chi connectivity index (χ2v) is 10.8. The van der Waals surface area contributed by atoms with E-state index in [0.717, 1.165) is 65.9 Å². The number of nitrogens with zero attached hydrogens (tertiary/aromatic N) is 7. The highest BCUT2D eigenvalue weighted by Crippen LogP contribution is 2.40. The van der Waals surface area contributed by atoms with Crippen LogP contribution >= 0.6 is 22.6 Å². The molecule has 0 saturated heterocycles. The number of alkyl halides is 1. The summed E-state index contributed by atoms with van der Waals surface area (Å²) in [6.07, 6.45) is 7.65. The average Bonchev–Trinajstić information content (AvgIpc) is 3.76. The van der Waals surface area contributed by atoms with E-state index in [1.807, 2.05) is 85.6 Å². The molecule has 0 spiro atoms. The summed E-state index contributed by atoms with van der Waals surface area (Å²) in [7, 11) is 1.90. The van der Waals surface area contributed by atoms with Crippen LogP contribution in [0.15, 0.2) is 67.3 Å². The number of benzene rings is 2. The molecule has 5 heterocycles. The van der Waals surface area contributed by atoms with Gasteiger partial charge in [-0.05, 0) is 42.7 Å². The number of para-hydroxylation sites is 1. The van der Waals surface area contributed by atoms with Crippen LogP contribution in [-0.2, 0) is 18.1 Å². The predicted molar refractivity (Wildman–Crippen MR) is 167 cm³/mol. The number of H-pyrrole nitrogens is 1. The Morgan fingerprint density at radius 1 is 1.07 bits per heavy atom. The minimum absolute atomic E-state index is 0.0119. The third-order valence-electron chi connectivity index (χ3n) is 7.60. The molecule has 204 valence electrons. The normalized spacial score (nSPS) is 12.9. The molecule has 0 saturated carbocycles. The fourth-order valence-electron chi connectivity index (χ4n) is 5.44. The molecule has 1 aliphatic rings. The number of carbonyl (C=O) groups excluding carboxylic acids is 1. The fourth-order valence-corrected chi connectivity index (χ4v) is 5.81. The first-order chi connectivity index (χ1) is 19.9. The minimum atomic E-state index is -0.0119. The van der Waals surface area contributed by atoms with Gasteiger partial charge in [0.2, 0.25) is 5.95 Å². The van der Waals surface area contributed by atoms with Crippen molar-refractivity contribution in [1.29, 1.82) is 0 Å². The van der Waals surface area contributed by atoms with Crippen LogP contribution in [0.4, 0.5) is 17.5 Å².